The van der Waals surface area contributed by atoms with Crippen LogP contribution in [0.1, 0.15) is 49.0 Å². The van der Waals surface area contributed by atoms with Crippen molar-refractivity contribution in [2.24, 2.45) is 0 Å². The second kappa shape index (κ2) is 9.78. The molecule has 2 rings (SSSR count). The van der Waals surface area contributed by atoms with Gasteiger partial charge in [-0.05, 0) is 45.4 Å². The SMILES string of the molecule is CCN(CC)C(=O)c1cccc(F)c1CC(=O)CCN1CCC[C@@H]1CO. The lowest BCUT2D eigenvalue weighted by molar-refractivity contribution is -0.118. The molecule has 1 atom stereocenters. The zero-order valence-electron chi connectivity index (χ0n) is 15.7. The highest BCUT2D eigenvalue weighted by Crippen LogP contribution is 2.19. The average molecular weight is 364 g/mol. The third kappa shape index (κ3) is 4.89. The van der Waals surface area contributed by atoms with Crippen LogP contribution in [0.3, 0.4) is 0 Å². The number of Topliss-reactive ketones (excluding diaryl/α,β-unsaturated/α-hetero) is 1. The maximum atomic E-state index is 14.3. The molecule has 0 aliphatic carbocycles. The number of carbonyl (C=O) groups excluding carboxylic acids is 2. The Labute approximate surface area is 154 Å². The number of carbonyl (C=O) groups is 2. The number of benzene rings is 1. The van der Waals surface area contributed by atoms with Crippen molar-refractivity contribution in [1.29, 1.82) is 0 Å². The summed E-state index contributed by atoms with van der Waals surface area (Å²) in [5.74, 6) is -0.838. The first-order valence-electron chi connectivity index (χ1n) is 9.45. The molecule has 6 heteroatoms. The van der Waals surface area contributed by atoms with Crippen LogP contribution in [-0.4, -0.2) is 65.4 Å². The normalized spacial score (nSPS) is 17.5. The molecule has 1 amide bonds. The molecule has 26 heavy (non-hydrogen) atoms. The second-order valence-electron chi connectivity index (χ2n) is 6.72. The van der Waals surface area contributed by atoms with Gasteiger partial charge >= 0.3 is 0 Å². The van der Waals surface area contributed by atoms with Gasteiger partial charge in [0.15, 0.2) is 0 Å². The van der Waals surface area contributed by atoms with Crippen LogP contribution in [0.5, 0.6) is 0 Å². The highest BCUT2D eigenvalue weighted by molar-refractivity contribution is 5.97. The lowest BCUT2D eigenvalue weighted by Gasteiger charge is -2.22. The highest BCUT2D eigenvalue weighted by Gasteiger charge is 2.25. The second-order valence-corrected chi connectivity index (χ2v) is 6.72. The summed E-state index contributed by atoms with van der Waals surface area (Å²) in [7, 11) is 0. The van der Waals surface area contributed by atoms with Gasteiger partial charge in [-0.3, -0.25) is 14.5 Å². The number of hydrogen-bond donors (Lipinski definition) is 1. The Morgan fingerprint density at radius 2 is 2.04 bits per heavy atom. The fraction of sp³-hybridized carbons (Fsp3) is 0.600. The van der Waals surface area contributed by atoms with E-state index in [-0.39, 0.29) is 41.9 Å². The molecule has 1 aromatic carbocycles. The molecule has 0 aromatic heterocycles. The molecular formula is C20H29FN2O3. The average Bonchev–Trinajstić information content (AvgIpc) is 3.10. The third-order valence-corrected chi connectivity index (χ3v) is 5.16. The highest BCUT2D eigenvalue weighted by atomic mass is 19.1. The topological polar surface area (TPSA) is 60.9 Å². The molecule has 0 radical (unpaired) electrons. The van der Waals surface area contributed by atoms with E-state index >= 15 is 0 Å². The van der Waals surface area contributed by atoms with Crippen LogP contribution >= 0.6 is 0 Å². The van der Waals surface area contributed by atoms with Gasteiger partial charge in [0, 0.05) is 49.6 Å². The first-order valence-corrected chi connectivity index (χ1v) is 9.45. The van der Waals surface area contributed by atoms with Crippen molar-refractivity contribution in [3.8, 4) is 0 Å². The standard InChI is InChI=1S/C20H29FN2O3/c1-3-22(4-2)20(26)17-8-5-9-19(21)18(17)13-16(25)10-12-23-11-6-7-15(23)14-24/h5,8-9,15,24H,3-4,6-7,10-14H2,1-2H3/t15-/m1/s1. The predicted octanol–water partition coefficient (Wildman–Crippen LogP) is 2.27. The number of halogens is 1. The van der Waals surface area contributed by atoms with Crippen LogP contribution in [0.15, 0.2) is 18.2 Å². The van der Waals surface area contributed by atoms with Gasteiger partial charge in [0.05, 0.1) is 6.61 Å². The van der Waals surface area contributed by atoms with E-state index < -0.39 is 5.82 Å². The summed E-state index contributed by atoms with van der Waals surface area (Å²) in [6.45, 7) is 6.37. The summed E-state index contributed by atoms with van der Waals surface area (Å²) in [5, 5.41) is 9.35. The summed E-state index contributed by atoms with van der Waals surface area (Å²) in [5.41, 5.74) is 0.464. The molecule has 1 fully saturated rings. The van der Waals surface area contributed by atoms with Gasteiger partial charge in [0.1, 0.15) is 11.6 Å². The fourth-order valence-corrected chi connectivity index (χ4v) is 3.57. The number of aliphatic hydroxyl groups excluding tert-OH is 1. The smallest absolute Gasteiger partial charge is 0.254 e. The number of rotatable bonds is 9. The zero-order chi connectivity index (χ0) is 19.1. The van der Waals surface area contributed by atoms with Crippen molar-refractivity contribution in [2.45, 2.75) is 45.6 Å². The first kappa shape index (κ1) is 20.5. The summed E-state index contributed by atoms with van der Waals surface area (Å²) >= 11 is 0. The molecule has 1 heterocycles. The van der Waals surface area contributed by atoms with Gasteiger partial charge in [0.25, 0.3) is 5.91 Å². The minimum Gasteiger partial charge on any atom is -0.395 e. The fourth-order valence-electron chi connectivity index (χ4n) is 3.57. The molecule has 5 nitrogen and oxygen atoms in total. The van der Waals surface area contributed by atoms with E-state index in [1.807, 2.05) is 13.8 Å². The largest absolute Gasteiger partial charge is 0.395 e. The minimum absolute atomic E-state index is 0.0767. The molecular weight excluding hydrogens is 335 g/mol. The zero-order valence-corrected chi connectivity index (χ0v) is 15.7. The molecule has 144 valence electrons. The van der Waals surface area contributed by atoms with Crippen molar-refractivity contribution < 1.29 is 19.1 Å². The van der Waals surface area contributed by atoms with Crippen molar-refractivity contribution in [2.75, 3.05) is 32.8 Å². The van der Waals surface area contributed by atoms with E-state index in [2.05, 4.69) is 4.90 Å². The molecule has 1 N–H and O–H groups in total. The molecule has 0 spiro atoms. The lowest BCUT2D eigenvalue weighted by atomic mass is 9.99. The van der Waals surface area contributed by atoms with E-state index in [4.69, 9.17) is 0 Å². The van der Waals surface area contributed by atoms with E-state index in [9.17, 15) is 19.1 Å². The van der Waals surface area contributed by atoms with Gasteiger partial charge < -0.3 is 10.0 Å². The molecule has 1 aliphatic heterocycles. The van der Waals surface area contributed by atoms with Gasteiger partial charge in [-0.25, -0.2) is 4.39 Å². The van der Waals surface area contributed by atoms with E-state index in [1.54, 1.807) is 11.0 Å². The van der Waals surface area contributed by atoms with Gasteiger partial charge in [-0.15, -0.1) is 0 Å². The Kier molecular flexibility index (Phi) is 7.72. The van der Waals surface area contributed by atoms with Crippen LogP contribution in [0.4, 0.5) is 4.39 Å². The van der Waals surface area contributed by atoms with Crippen molar-refractivity contribution in [3.05, 3.63) is 35.1 Å². The van der Waals surface area contributed by atoms with Crippen LogP contribution in [0, 0.1) is 5.82 Å². The van der Waals surface area contributed by atoms with Crippen LogP contribution in [0.2, 0.25) is 0 Å². The monoisotopic (exact) mass is 364 g/mol. The van der Waals surface area contributed by atoms with Gasteiger partial charge in [-0.2, -0.15) is 0 Å². The number of ketones is 1. The molecule has 0 bridgehead atoms. The Bertz CT molecular complexity index is 631. The minimum atomic E-state index is -0.509. The maximum absolute atomic E-state index is 14.3. The quantitative estimate of drug-likeness (QED) is 0.730. The van der Waals surface area contributed by atoms with Gasteiger partial charge in [-0.1, -0.05) is 6.07 Å². The van der Waals surface area contributed by atoms with Crippen LogP contribution in [-0.2, 0) is 11.2 Å². The predicted molar refractivity (Wildman–Crippen MR) is 98.7 cm³/mol. The number of amides is 1. The van der Waals surface area contributed by atoms with Crippen molar-refractivity contribution in [1.82, 2.24) is 9.80 Å². The number of aliphatic hydroxyl groups is 1. The van der Waals surface area contributed by atoms with E-state index in [1.165, 1.54) is 12.1 Å². The molecule has 0 saturated carbocycles. The lowest BCUT2D eigenvalue weighted by Crippen LogP contribution is -2.34. The van der Waals surface area contributed by atoms with Crippen LogP contribution in [0.25, 0.3) is 0 Å². The van der Waals surface area contributed by atoms with Crippen molar-refractivity contribution >= 4 is 11.7 Å². The number of nitrogens with zero attached hydrogens (tertiary/aromatic N) is 2. The van der Waals surface area contributed by atoms with E-state index in [0.29, 0.717) is 26.1 Å². The maximum Gasteiger partial charge on any atom is 0.254 e. The summed E-state index contributed by atoms with van der Waals surface area (Å²) < 4.78 is 14.3. The molecule has 0 unspecified atom stereocenters. The Balaban J connectivity index is 2.06. The number of hydrogen-bond acceptors (Lipinski definition) is 4. The summed E-state index contributed by atoms with van der Waals surface area (Å²) in [4.78, 5) is 28.8. The first-order chi connectivity index (χ1) is 12.5. The Morgan fingerprint density at radius 3 is 2.69 bits per heavy atom. The number of likely N-dealkylation sites (tertiary alicyclic amines) is 1. The Hall–Kier alpha value is -1.79. The molecule has 1 saturated heterocycles. The summed E-state index contributed by atoms with van der Waals surface area (Å²) in [6, 6.07) is 4.52. The summed E-state index contributed by atoms with van der Waals surface area (Å²) in [6.07, 6.45) is 2.19. The molecule has 1 aromatic rings. The van der Waals surface area contributed by atoms with Crippen molar-refractivity contribution in [3.63, 3.8) is 0 Å². The molecule has 1 aliphatic rings. The van der Waals surface area contributed by atoms with Gasteiger partial charge in [0.2, 0.25) is 0 Å². The van der Waals surface area contributed by atoms with E-state index in [0.717, 1.165) is 19.4 Å². The van der Waals surface area contributed by atoms with Crippen LogP contribution < -0.4 is 0 Å². The third-order valence-electron chi connectivity index (χ3n) is 5.16. The Morgan fingerprint density at radius 1 is 1.31 bits per heavy atom.